The number of nitrogens with zero attached hydrogens (tertiary/aromatic N) is 2. The van der Waals surface area contributed by atoms with Gasteiger partial charge in [-0.15, -0.1) is 0 Å². The largest absolute Gasteiger partial charge is 0.370 e. The van der Waals surface area contributed by atoms with E-state index in [0.29, 0.717) is 0 Å². The molecule has 0 amide bonds. The zero-order valence-corrected chi connectivity index (χ0v) is 13.5. The number of benzene rings is 1. The maximum absolute atomic E-state index is 4.73. The van der Waals surface area contributed by atoms with E-state index in [0.717, 1.165) is 48.7 Å². The molecule has 2 aromatic rings. The van der Waals surface area contributed by atoms with Crippen molar-refractivity contribution in [3.8, 4) is 11.4 Å². The molecule has 0 aliphatic carbocycles. The van der Waals surface area contributed by atoms with E-state index >= 15 is 0 Å². The van der Waals surface area contributed by atoms with Gasteiger partial charge in [-0.3, -0.25) is 0 Å². The summed E-state index contributed by atoms with van der Waals surface area (Å²) >= 11 is 0. The fourth-order valence-electron chi connectivity index (χ4n) is 2.34. The van der Waals surface area contributed by atoms with Gasteiger partial charge in [0.25, 0.3) is 0 Å². The van der Waals surface area contributed by atoms with Gasteiger partial charge < -0.3 is 5.32 Å². The molecule has 112 valence electrons. The van der Waals surface area contributed by atoms with E-state index in [1.165, 1.54) is 11.1 Å². The summed E-state index contributed by atoms with van der Waals surface area (Å²) in [6.45, 7) is 9.51. The van der Waals surface area contributed by atoms with Crippen LogP contribution in [0.2, 0.25) is 0 Å². The zero-order valence-electron chi connectivity index (χ0n) is 13.5. The van der Waals surface area contributed by atoms with Crippen LogP contribution in [0.15, 0.2) is 24.3 Å². The molecule has 3 heteroatoms. The lowest BCUT2D eigenvalue weighted by molar-refractivity contribution is 0.936. The quantitative estimate of drug-likeness (QED) is 0.854. The lowest BCUT2D eigenvalue weighted by atomic mass is 10.1. The summed E-state index contributed by atoms with van der Waals surface area (Å²) in [5, 5.41) is 3.42. The molecule has 1 heterocycles. The first-order chi connectivity index (χ1) is 10.2. The standard InChI is InChI=1S/C18H25N3/c1-5-12-19-17-13(4)16(7-3)20-18(21-17)15-10-8-14(6-2)9-11-15/h8-11H,5-7,12H2,1-4H3,(H,19,20,21). The average Bonchev–Trinajstić information content (AvgIpc) is 2.54. The summed E-state index contributed by atoms with van der Waals surface area (Å²) in [6, 6.07) is 8.55. The minimum Gasteiger partial charge on any atom is -0.370 e. The highest BCUT2D eigenvalue weighted by Gasteiger charge is 2.10. The van der Waals surface area contributed by atoms with E-state index in [1.54, 1.807) is 0 Å². The zero-order chi connectivity index (χ0) is 15.2. The van der Waals surface area contributed by atoms with Crippen molar-refractivity contribution in [3.05, 3.63) is 41.1 Å². The summed E-state index contributed by atoms with van der Waals surface area (Å²) in [6.07, 6.45) is 3.07. The third-order valence-corrected chi connectivity index (χ3v) is 3.74. The van der Waals surface area contributed by atoms with Gasteiger partial charge >= 0.3 is 0 Å². The van der Waals surface area contributed by atoms with Crippen molar-refractivity contribution >= 4 is 5.82 Å². The Morgan fingerprint density at radius 1 is 0.952 bits per heavy atom. The van der Waals surface area contributed by atoms with E-state index in [1.807, 2.05) is 0 Å². The summed E-state index contributed by atoms with van der Waals surface area (Å²) in [5.41, 5.74) is 4.71. The van der Waals surface area contributed by atoms with E-state index in [2.05, 4.69) is 57.3 Å². The van der Waals surface area contributed by atoms with Gasteiger partial charge in [-0.25, -0.2) is 9.97 Å². The average molecular weight is 283 g/mol. The summed E-state index contributed by atoms with van der Waals surface area (Å²) in [7, 11) is 0. The van der Waals surface area contributed by atoms with E-state index in [-0.39, 0.29) is 0 Å². The minimum absolute atomic E-state index is 0.818. The van der Waals surface area contributed by atoms with Crippen LogP contribution >= 0.6 is 0 Å². The Hall–Kier alpha value is -1.90. The topological polar surface area (TPSA) is 37.8 Å². The van der Waals surface area contributed by atoms with Crippen molar-refractivity contribution in [2.75, 3.05) is 11.9 Å². The molecule has 0 saturated heterocycles. The Kier molecular flexibility index (Phi) is 5.32. The normalized spacial score (nSPS) is 10.7. The molecule has 0 radical (unpaired) electrons. The van der Waals surface area contributed by atoms with Crippen LogP contribution in [0.3, 0.4) is 0 Å². The maximum atomic E-state index is 4.73. The summed E-state index contributed by atoms with van der Waals surface area (Å²) in [4.78, 5) is 9.46. The molecular weight excluding hydrogens is 258 g/mol. The molecule has 0 aliphatic rings. The predicted octanol–water partition coefficient (Wildman–Crippen LogP) is 4.40. The first kappa shape index (κ1) is 15.5. The number of hydrogen-bond acceptors (Lipinski definition) is 3. The number of nitrogens with one attached hydrogen (secondary N) is 1. The van der Waals surface area contributed by atoms with Crippen LogP contribution in [0.1, 0.15) is 44.0 Å². The molecule has 1 aromatic heterocycles. The SMILES string of the molecule is CCCNc1nc(-c2ccc(CC)cc2)nc(CC)c1C. The van der Waals surface area contributed by atoms with Gasteiger partial charge in [-0.1, -0.05) is 45.0 Å². The number of rotatable bonds is 6. The molecule has 1 aromatic carbocycles. The predicted molar refractivity (Wildman–Crippen MR) is 89.7 cm³/mol. The molecule has 0 unspecified atom stereocenters. The van der Waals surface area contributed by atoms with Crippen molar-refractivity contribution in [1.82, 2.24) is 9.97 Å². The summed E-state index contributed by atoms with van der Waals surface area (Å²) in [5.74, 6) is 1.79. The molecule has 1 N–H and O–H groups in total. The molecule has 0 bridgehead atoms. The van der Waals surface area contributed by atoms with Gasteiger partial charge in [0.05, 0.1) is 0 Å². The first-order valence-corrected chi connectivity index (χ1v) is 7.90. The fraction of sp³-hybridized carbons (Fsp3) is 0.444. The van der Waals surface area contributed by atoms with Crippen LogP contribution < -0.4 is 5.32 Å². The van der Waals surface area contributed by atoms with Crippen LogP contribution in [0.4, 0.5) is 5.82 Å². The third-order valence-electron chi connectivity index (χ3n) is 3.74. The number of aromatic nitrogens is 2. The molecular formula is C18H25N3. The Bertz CT molecular complexity index is 588. The second kappa shape index (κ2) is 7.21. The number of hydrogen-bond donors (Lipinski definition) is 1. The van der Waals surface area contributed by atoms with Gasteiger partial charge in [0.2, 0.25) is 0 Å². The Morgan fingerprint density at radius 2 is 1.67 bits per heavy atom. The van der Waals surface area contributed by atoms with Gasteiger partial charge in [0, 0.05) is 23.4 Å². The molecule has 2 rings (SSSR count). The maximum Gasteiger partial charge on any atom is 0.161 e. The van der Waals surface area contributed by atoms with Gasteiger partial charge in [0.1, 0.15) is 5.82 Å². The molecule has 0 fully saturated rings. The lowest BCUT2D eigenvalue weighted by Crippen LogP contribution is -2.08. The molecule has 21 heavy (non-hydrogen) atoms. The smallest absolute Gasteiger partial charge is 0.161 e. The third kappa shape index (κ3) is 3.60. The monoisotopic (exact) mass is 283 g/mol. The minimum atomic E-state index is 0.818. The van der Waals surface area contributed by atoms with Gasteiger partial charge in [-0.2, -0.15) is 0 Å². The van der Waals surface area contributed by atoms with E-state index in [4.69, 9.17) is 9.97 Å². The number of anilines is 1. The summed E-state index contributed by atoms with van der Waals surface area (Å²) < 4.78 is 0. The highest BCUT2D eigenvalue weighted by atomic mass is 15.0. The second-order valence-corrected chi connectivity index (χ2v) is 5.30. The van der Waals surface area contributed by atoms with Crippen molar-refractivity contribution in [2.45, 2.75) is 47.0 Å². The molecule has 0 aliphatic heterocycles. The van der Waals surface area contributed by atoms with Gasteiger partial charge in [-0.05, 0) is 31.7 Å². The Morgan fingerprint density at radius 3 is 2.24 bits per heavy atom. The molecule has 0 spiro atoms. The number of aryl methyl sites for hydroxylation is 2. The Labute approximate surface area is 127 Å². The van der Waals surface area contributed by atoms with Crippen LogP contribution in [0.25, 0.3) is 11.4 Å². The highest BCUT2D eigenvalue weighted by molar-refractivity contribution is 5.60. The fourth-order valence-corrected chi connectivity index (χ4v) is 2.34. The van der Waals surface area contributed by atoms with Crippen molar-refractivity contribution in [2.24, 2.45) is 0 Å². The molecule has 3 nitrogen and oxygen atoms in total. The van der Waals surface area contributed by atoms with Gasteiger partial charge in [0.15, 0.2) is 5.82 Å². The highest BCUT2D eigenvalue weighted by Crippen LogP contribution is 2.23. The first-order valence-electron chi connectivity index (χ1n) is 7.90. The van der Waals surface area contributed by atoms with E-state index in [9.17, 15) is 0 Å². The van der Waals surface area contributed by atoms with Crippen molar-refractivity contribution in [3.63, 3.8) is 0 Å². The van der Waals surface area contributed by atoms with Crippen LogP contribution in [0, 0.1) is 6.92 Å². The Balaban J connectivity index is 2.41. The van der Waals surface area contributed by atoms with Crippen LogP contribution in [-0.4, -0.2) is 16.5 Å². The molecule has 0 atom stereocenters. The van der Waals surface area contributed by atoms with Crippen LogP contribution in [-0.2, 0) is 12.8 Å². The van der Waals surface area contributed by atoms with Crippen molar-refractivity contribution < 1.29 is 0 Å². The lowest BCUT2D eigenvalue weighted by Gasteiger charge is -2.13. The van der Waals surface area contributed by atoms with Crippen molar-refractivity contribution in [1.29, 1.82) is 0 Å². The molecule has 0 saturated carbocycles. The second-order valence-electron chi connectivity index (χ2n) is 5.30. The van der Waals surface area contributed by atoms with Crippen LogP contribution in [0.5, 0.6) is 0 Å². The van der Waals surface area contributed by atoms with E-state index < -0.39 is 0 Å².